The van der Waals surface area contributed by atoms with E-state index in [1.807, 2.05) is 29.3 Å². The van der Waals surface area contributed by atoms with Crippen LogP contribution in [0.4, 0.5) is 5.82 Å². The largest absolute Gasteiger partial charge is 0.353 e. The van der Waals surface area contributed by atoms with Crippen LogP contribution >= 0.6 is 11.3 Å². The Morgan fingerprint density at radius 3 is 2.63 bits per heavy atom. The summed E-state index contributed by atoms with van der Waals surface area (Å²) in [5.74, 6) is 1.19. The molecule has 1 saturated carbocycles. The summed E-state index contributed by atoms with van der Waals surface area (Å²) in [4.78, 5) is 22.1. The monoisotopic (exact) mass is 380 g/mol. The van der Waals surface area contributed by atoms with Crippen LogP contribution in [0.3, 0.4) is 0 Å². The van der Waals surface area contributed by atoms with Crippen LogP contribution in [0.2, 0.25) is 0 Å². The van der Waals surface area contributed by atoms with Gasteiger partial charge in [0, 0.05) is 38.4 Å². The Balaban J connectivity index is 1.37. The molecule has 0 radical (unpaired) electrons. The Kier molecular flexibility index (Phi) is 4.36. The summed E-state index contributed by atoms with van der Waals surface area (Å²) < 4.78 is 3.57. The maximum Gasteiger partial charge on any atom is 0.270 e. The molecular formula is C21H24N4OS. The van der Waals surface area contributed by atoms with Crippen molar-refractivity contribution in [3.63, 3.8) is 0 Å². The van der Waals surface area contributed by atoms with Gasteiger partial charge in [0.2, 0.25) is 0 Å². The first kappa shape index (κ1) is 16.8. The molecule has 5 nitrogen and oxygen atoms in total. The fourth-order valence-electron chi connectivity index (χ4n) is 4.51. The quantitative estimate of drug-likeness (QED) is 0.685. The molecule has 0 bridgehead atoms. The van der Waals surface area contributed by atoms with Gasteiger partial charge in [0.15, 0.2) is 0 Å². The highest BCUT2D eigenvalue weighted by molar-refractivity contribution is 7.17. The maximum absolute atomic E-state index is 13.4. The molecule has 1 saturated heterocycles. The molecule has 3 aromatic rings. The highest BCUT2D eigenvalue weighted by atomic mass is 32.1. The van der Waals surface area contributed by atoms with Gasteiger partial charge in [0.1, 0.15) is 11.5 Å². The number of amides is 1. The summed E-state index contributed by atoms with van der Waals surface area (Å²) in [5, 5.41) is 2.13. The van der Waals surface area contributed by atoms with E-state index in [4.69, 9.17) is 0 Å². The topological polar surface area (TPSA) is 41.4 Å². The number of rotatable bonds is 3. The third kappa shape index (κ3) is 3.02. The molecule has 0 atom stereocenters. The van der Waals surface area contributed by atoms with Crippen molar-refractivity contribution in [3.8, 4) is 0 Å². The van der Waals surface area contributed by atoms with Crippen LogP contribution in [0.15, 0.2) is 41.9 Å². The summed E-state index contributed by atoms with van der Waals surface area (Å²) in [7, 11) is 0. The lowest BCUT2D eigenvalue weighted by atomic mass is 10.2. The Morgan fingerprint density at radius 2 is 1.89 bits per heavy atom. The van der Waals surface area contributed by atoms with Crippen molar-refractivity contribution in [3.05, 3.63) is 47.6 Å². The molecule has 27 heavy (non-hydrogen) atoms. The minimum absolute atomic E-state index is 0.186. The van der Waals surface area contributed by atoms with Crippen LogP contribution < -0.4 is 4.90 Å². The lowest BCUT2D eigenvalue weighted by molar-refractivity contribution is 0.0734. The van der Waals surface area contributed by atoms with Crippen LogP contribution in [-0.4, -0.2) is 46.5 Å². The van der Waals surface area contributed by atoms with Crippen molar-refractivity contribution in [2.45, 2.75) is 31.7 Å². The second kappa shape index (κ2) is 7.00. The maximum atomic E-state index is 13.4. The number of carbonyl (C=O) groups excluding carboxylic acids is 1. The van der Waals surface area contributed by atoms with Crippen LogP contribution in [0.1, 0.15) is 42.2 Å². The molecular weight excluding hydrogens is 356 g/mol. The number of carbonyl (C=O) groups is 1. The normalized spacial score (nSPS) is 18.5. The fraction of sp³-hybridized carbons (Fsp3) is 0.429. The highest BCUT2D eigenvalue weighted by Crippen LogP contribution is 2.37. The molecule has 1 aliphatic heterocycles. The van der Waals surface area contributed by atoms with Gasteiger partial charge in [-0.2, -0.15) is 0 Å². The van der Waals surface area contributed by atoms with Gasteiger partial charge in [0.25, 0.3) is 5.91 Å². The van der Waals surface area contributed by atoms with E-state index in [9.17, 15) is 4.79 Å². The number of pyridine rings is 1. The van der Waals surface area contributed by atoms with E-state index in [0.29, 0.717) is 6.04 Å². The fourth-order valence-corrected chi connectivity index (χ4v) is 5.32. The summed E-state index contributed by atoms with van der Waals surface area (Å²) in [6, 6.07) is 10.8. The van der Waals surface area contributed by atoms with E-state index in [2.05, 4.69) is 32.0 Å². The van der Waals surface area contributed by atoms with Gasteiger partial charge in [-0.05, 0) is 42.5 Å². The molecule has 0 aromatic carbocycles. The van der Waals surface area contributed by atoms with Gasteiger partial charge in [-0.25, -0.2) is 4.98 Å². The van der Waals surface area contributed by atoms with Gasteiger partial charge in [-0.15, -0.1) is 11.3 Å². The third-order valence-corrected chi connectivity index (χ3v) is 6.76. The number of thiophene rings is 1. The number of hydrogen-bond acceptors (Lipinski definition) is 4. The van der Waals surface area contributed by atoms with Crippen molar-refractivity contribution in [1.82, 2.24) is 14.5 Å². The van der Waals surface area contributed by atoms with E-state index in [-0.39, 0.29) is 5.91 Å². The van der Waals surface area contributed by atoms with E-state index >= 15 is 0 Å². The SMILES string of the molecule is O=C(c1cc2sccc2n1C1CCCC1)N1CCN(c2ccccn2)CC1. The van der Waals surface area contributed by atoms with E-state index in [1.165, 1.54) is 35.9 Å². The van der Waals surface area contributed by atoms with Gasteiger partial charge in [0.05, 0.1) is 10.2 Å². The zero-order chi connectivity index (χ0) is 18.2. The average Bonchev–Trinajstić information content (AvgIpc) is 3.45. The van der Waals surface area contributed by atoms with Crippen LogP contribution in [0.5, 0.6) is 0 Å². The number of nitrogens with zero attached hydrogens (tertiary/aromatic N) is 4. The minimum Gasteiger partial charge on any atom is -0.353 e. The molecule has 0 spiro atoms. The predicted octanol–water partition coefficient (Wildman–Crippen LogP) is 4.18. The molecule has 2 aliphatic rings. The zero-order valence-electron chi connectivity index (χ0n) is 15.4. The van der Waals surface area contributed by atoms with Crippen LogP contribution in [0.25, 0.3) is 10.2 Å². The van der Waals surface area contributed by atoms with E-state index in [0.717, 1.165) is 37.7 Å². The Bertz CT molecular complexity index is 934. The number of fused-ring (bicyclic) bond motifs is 1. The first-order valence-electron chi connectivity index (χ1n) is 9.85. The smallest absolute Gasteiger partial charge is 0.270 e. The molecule has 1 amide bonds. The molecule has 2 fully saturated rings. The second-order valence-electron chi connectivity index (χ2n) is 7.48. The molecule has 140 valence electrons. The van der Waals surface area contributed by atoms with Crippen molar-refractivity contribution < 1.29 is 4.79 Å². The average molecular weight is 381 g/mol. The zero-order valence-corrected chi connectivity index (χ0v) is 16.2. The van der Waals surface area contributed by atoms with Gasteiger partial charge in [-0.3, -0.25) is 4.79 Å². The van der Waals surface area contributed by atoms with Crippen LogP contribution in [0, 0.1) is 0 Å². The minimum atomic E-state index is 0.186. The van der Waals surface area contributed by atoms with Gasteiger partial charge < -0.3 is 14.4 Å². The molecule has 1 aliphatic carbocycles. The first-order valence-corrected chi connectivity index (χ1v) is 10.7. The molecule has 0 unspecified atom stereocenters. The highest BCUT2D eigenvalue weighted by Gasteiger charge is 2.29. The first-order chi connectivity index (χ1) is 13.3. The van der Waals surface area contributed by atoms with Crippen molar-refractivity contribution in [2.24, 2.45) is 0 Å². The van der Waals surface area contributed by atoms with E-state index < -0.39 is 0 Å². The van der Waals surface area contributed by atoms with Crippen molar-refractivity contribution in [2.75, 3.05) is 31.1 Å². The molecule has 0 N–H and O–H groups in total. The third-order valence-electron chi connectivity index (χ3n) is 5.91. The van der Waals surface area contributed by atoms with Gasteiger partial charge in [-0.1, -0.05) is 18.9 Å². The number of aromatic nitrogens is 2. The Hall–Kier alpha value is -2.34. The Morgan fingerprint density at radius 1 is 1.07 bits per heavy atom. The van der Waals surface area contributed by atoms with E-state index in [1.54, 1.807) is 11.3 Å². The summed E-state index contributed by atoms with van der Waals surface area (Å²) >= 11 is 1.73. The number of anilines is 1. The lowest BCUT2D eigenvalue weighted by Gasteiger charge is -2.35. The van der Waals surface area contributed by atoms with Crippen LogP contribution in [-0.2, 0) is 0 Å². The summed E-state index contributed by atoms with van der Waals surface area (Å²) in [6.07, 6.45) is 6.74. The molecule has 4 heterocycles. The second-order valence-corrected chi connectivity index (χ2v) is 8.42. The predicted molar refractivity (Wildman–Crippen MR) is 110 cm³/mol. The van der Waals surface area contributed by atoms with Crippen molar-refractivity contribution >= 4 is 33.3 Å². The summed E-state index contributed by atoms with van der Waals surface area (Å²) in [6.45, 7) is 3.17. The standard InChI is InChI=1S/C21H24N4OS/c26-21(24-12-10-23(11-13-24)20-7-3-4-9-22-20)18-15-19-17(8-14-27-19)25(18)16-5-1-2-6-16/h3-4,7-9,14-16H,1-2,5-6,10-13H2. The number of piperazine rings is 1. The van der Waals surface area contributed by atoms with Crippen molar-refractivity contribution in [1.29, 1.82) is 0 Å². The summed E-state index contributed by atoms with van der Waals surface area (Å²) in [5.41, 5.74) is 2.12. The Labute approximate surface area is 163 Å². The lowest BCUT2D eigenvalue weighted by Crippen LogP contribution is -2.49. The molecule has 5 rings (SSSR count). The number of hydrogen-bond donors (Lipinski definition) is 0. The molecule has 6 heteroatoms. The van der Waals surface area contributed by atoms with Gasteiger partial charge >= 0.3 is 0 Å². The molecule has 3 aromatic heterocycles.